The fraction of sp³-hybridized carbons (Fsp3) is 0.909. The molecular formula is C11H22N2O3. The molecule has 0 bridgehead atoms. The number of hydrazine groups is 1. The van der Waals surface area contributed by atoms with E-state index in [1.54, 1.807) is 7.11 Å². The topological polar surface area (TPSA) is 73.6 Å². The fourth-order valence-electron chi connectivity index (χ4n) is 2.18. The van der Waals surface area contributed by atoms with Crippen molar-refractivity contribution >= 4 is 5.91 Å². The third kappa shape index (κ3) is 4.08. The van der Waals surface area contributed by atoms with Crippen molar-refractivity contribution in [3.63, 3.8) is 0 Å². The molecule has 1 saturated carbocycles. The van der Waals surface area contributed by atoms with E-state index in [4.69, 9.17) is 15.3 Å². The van der Waals surface area contributed by atoms with Crippen LogP contribution in [0.25, 0.3) is 0 Å². The van der Waals surface area contributed by atoms with Crippen molar-refractivity contribution in [2.45, 2.75) is 44.8 Å². The molecule has 0 aromatic rings. The monoisotopic (exact) mass is 230 g/mol. The summed E-state index contributed by atoms with van der Waals surface area (Å²) in [5.74, 6) is 5.12. The van der Waals surface area contributed by atoms with Crippen LogP contribution in [0.2, 0.25) is 0 Å². The Morgan fingerprint density at radius 2 is 2.06 bits per heavy atom. The van der Waals surface area contributed by atoms with Crippen molar-refractivity contribution in [3.8, 4) is 0 Å². The number of amides is 1. The summed E-state index contributed by atoms with van der Waals surface area (Å²) < 4.78 is 10.8. The summed E-state index contributed by atoms with van der Waals surface area (Å²) in [5, 5.41) is 0. The molecule has 3 N–H and O–H groups in total. The van der Waals surface area contributed by atoms with Crippen molar-refractivity contribution in [1.82, 2.24) is 5.43 Å². The highest BCUT2D eigenvalue weighted by atomic mass is 16.5. The third-order valence-corrected chi connectivity index (χ3v) is 3.01. The van der Waals surface area contributed by atoms with Crippen molar-refractivity contribution < 1.29 is 14.3 Å². The summed E-state index contributed by atoms with van der Waals surface area (Å²) >= 11 is 0. The van der Waals surface area contributed by atoms with Crippen LogP contribution in [0.15, 0.2) is 0 Å². The summed E-state index contributed by atoms with van der Waals surface area (Å²) in [5.41, 5.74) is 2.21. The molecule has 1 aliphatic rings. The van der Waals surface area contributed by atoms with E-state index in [2.05, 4.69) is 5.43 Å². The lowest BCUT2D eigenvalue weighted by molar-refractivity contribution is -0.127. The van der Waals surface area contributed by atoms with Crippen molar-refractivity contribution in [2.24, 2.45) is 11.8 Å². The average molecular weight is 230 g/mol. The first-order valence-electron chi connectivity index (χ1n) is 5.82. The van der Waals surface area contributed by atoms with Gasteiger partial charge in [-0.05, 0) is 32.6 Å². The average Bonchev–Trinajstić information content (AvgIpc) is 2.29. The molecule has 5 heteroatoms. The van der Waals surface area contributed by atoms with Gasteiger partial charge in [0.1, 0.15) is 0 Å². The molecule has 94 valence electrons. The number of carbonyl (C=O) groups is 1. The first-order chi connectivity index (χ1) is 7.67. The molecule has 1 fully saturated rings. The number of ether oxygens (including phenoxy) is 2. The zero-order chi connectivity index (χ0) is 12.0. The molecule has 1 amide bonds. The summed E-state index contributed by atoms with van der Waals surface area (Å²) in [7, 11) is 1.67. The first kappa shape index (κ1) is 13.4. The number of nitrogens with one attached hydrogen (secondary N) is 1. The van der Waals surface area contributed by atoms with Crippen LogP contribution < -0.4 is 11.3 Å². The highest BCUT2D eigenvalue weighted by molar-refractivity contribution is 5.77. The molecule has 0 aromatic carbocycles. The molecule has 1 rings (SSSR count). The second-order valence-corrected chi connectivity index (χ2v) is 4.38. The van der Waals surface area contributed by atoms with Crippen molar-refractivity contribution in [3.05, 3.63) is 0 Å². The fourth-order valence-corrected chi connectivity index (χ4v) is 2.18. The van der Waals surface area contributed by atoms with Gasteiger partial charge in [-0.15, -0.1) is 0 Å². The van der Waals surface area contributed by atoms with E-state index >= 15 is 0 Å². The van der Waals surface area contributed by atoms with Crippen molar-refractivity contribution in [2.75, 3.05) is 13.7 Å². The number of methoxy groups -OCH3 is 1. The van der Waals surface area contributed by atoms with Gasteiger partial charge >= 0.3 is 0 Å². The summed E-state index contributed by atoms with van der Waals surface area (Å²) in [6.07, 6.45) is 3.93. The van der Waals surface area contributed by atoms with Gasteiger partial charge in [0, 0.05) is 13.0 Å². The molecule has 0 aromatic heterocycles. The molecule has 0 spiro atoms. The van der Waals surface area contributed by atoms with Gasteiger partial charge < -0.3 is 9.47 Å². The molecule has 0 heterocycles. The van der Waals surface area contributed by atoms with Crippen molar-refractivity contribution in [1.29, 1.82) is 0 Å². The lowest BCUT2D eigenvalue weighted by atomic mass is 9.87. The van der Waals surface area contributed by atoms with Gasteiger partial charge in [0.15, 0.2) is 0 Å². The molecule has 1 unspecified atom stereocenters. The summed E-state index contributed by atoms with van der Waals surface area (Å²) in [6.45, 7) is 2.62. The van der Waals surface area contributed by atoms with Crippen LogP contribution in [0.4, 0.5) is 0 Å². The van der Waals surface area contributed by atoms with Gasteiger partial charge in [-0.2, -0.15) is 0 Å². The van der Waals surface area contributed by atoms with Gasteiger partial charge in [0.25, 0.3) is 0 Å². The second kappa shape index (κ2) is 6.83. The number of hydrogen-bond acceptors (Lipinski definition) is 4. The highest BCUT2D eigenvalue weighted by Gasteiger charge is 2.26. The molecule has 1 atom stereocenters. The van der Waals surface area contributed by atoms with Gasteiger partial charge in [-0.3, -0.25) is 10.2 Å². The molecular weight excluding hydrogens is 208 g/mol. The van der Waals surface area contributed by atoms with Gasteiger partial charge in [0.2, 0.25) is 5.91 Å². The molecule has 0 radical (unpaired) electrons. The number of hydrogen-bond donors (Lipinski definition) is 2. The van der Waals surface area contributed by atoms with Gasteiger partial charge in [-0.1, -0.05) is 0 Å². The third-order valence-electron chi connectivity index (χ3n) is 3.01. The van der Waals surface area contributed by atoms with Crippen LogP contribution in [0.3, 0.4) is 0 Å². The SMILES string of the molecule is COCC(C)O[C@H]1CC[C@H](C(=O)NN)CC1. The Bertz CT molecular complexity index is 215. The quantitative estimate of drug-likeness (QED) is 0.412. The normalized spacial score (nSPS) is 27.4. The maximum absolute atomic E-state index is 11.3. The largest absolute Gasteiger partial charge is 0.382 e. The van der Waals surface area contributed by atoms with Gasteiger partial charge in [-0.25, -0.2) is 5.84 Å². The molecule has 16 heavy (non-hydrogen) atoms. The predicted octanol–water partition coefficient (Wildman–Crippen LogP) is 0.587. The van der Waals surface area contributed by atoms with Crippen LogP contribution >= 0.6 is 0 Å². The Morgan fingerprint density at radius 1 is 1.44 bits per heavy atom. The summed E-state index contributed by atoms with van der Waals surface area (Å²) in [6, 6.07) is 0. The van der Waals surface area contributed by atoms with Crippen LogP contribution in [0, 0.1) is 5.92 Å². The van der Waals surface area contributed by atoms with Crippen LogP contribution in [-0.4, -0.2) is 31.8 Å². The first-order valence-corrected chi connectivity index (χ1v) is 5.82. The van der Waals surface area contributed by atoms with Crippen LogP contribution in [-0.2, 0) is 14.3 Å². The van der Waals surface area contributed by atoms with E-state index < -0.39 is 0 Å². The Kier molecular flexibility index (Phi) is 5.73. The Labute approximate surface area is 96.6 Å². The molecule has 1 aliphatic carbocycles. The molecule has 0 aliphatic heterocycles. The van der Waals surface area contributed by atoms with E-state index in [1.807, 2.05) is 6.92 Å². The lowest BCUT2D eigenvalue weighted by Gasteiger charge is -2.29. The standard InChI is InChI=1S/C11H22N2O3/c1-8(7-15-2)16-10-5-3-9(4-6-10)11(14)13-12/h8-10H,3-7,12H2,1-2H3,(H,13,14)/t8?,9-,10-. The van der Waals surface area contributed by atoms with Gasteiger partial charge in [0.05, 0.1) is 18.8 Å². The zero-order valence-electron chi connectivity index (χ0n) is 10.1. The molecule has 0 saturated heterocycles. The number of rotatable bonds is 5. The maximum atomic E-state index is 11.3. The van der Waals surface area contributed by atoms with E-state index in [0.29, 0.717) is 6.61 Å². The Morgan fingerprint density at radius 3 is 2.56 bits per heavy atom. The van der Waals surface area contributed by atoms with E-state index in [-0.39, 0.29) is 24.0 Å². The van der Waals surface area contributed by atoms with E-state index in [1.165, 1.54) is 0 Å². The highest BCUT2D eigenvalue weighted by Crippen LogP contribution is 2.26. The van der Waals surface area contributed by atoms with E-state index in [9.17, 15) is 4.79 Å². The zero-order valence-corrected chi connectivity index (χ0v) is 10.1. The minimum Gasteiger partial charge on any atom is -0.382 e. The maximum Gasteiger partial charge on any atom is 0.236 e. The predicted molar refractivity (Wildman–Crippen MR) is 60.5 cm³/mol. The lowest BCUT2D eigenvalue weighted by Crippen LogP contribution is -2.39. The smallest absolute Gasteiger partial charge is 0.236 e. The second-order valence-electron chi connectivity index (χ2n) is 4.38. The Balaban J connectivity index is 2.24. The van der Waals surface area contributed by atoms with Crippen LogP contribution in [0.1, 0.15) is 32.6 Å². The Hall–Kier alpha value is -0.650. The minimum atomic E-state index is -0.0524. The van der Waals surface area contributed by atoms with E-state index in [0.717, 1.165) is 25.7 Å². The number of nitrogens with two attached hydrogens (primary N) is 1. The summed E-state index contributed by atoms with van der Waals surface area (Å²) in [4.78, 5) is 11.3. The number of carbonyl (C=O) groups excluding carboxylic acids is 1. The minimum absolute atomic E-state index is 0.0524. The van der Waals surface area contributed by atoms with Crippen LogP contribution in [0.5, 0.6) is 0 Å². The molecule has 5 nitrogen and oxygen atoms in total.